The van der Waals surface area contributed by atoms with Crippen LogP contribution in [0.1, 0.15) is 36.5 Å². The summed E-state index contributed by atoms with van der Waals surface area (Å²) in [5.41, 5.74) is 0.272. The minimum absolute atomic E-state index is 0.0219. The van der Waals surface area contributed by atoms with Crippen molar-refractivity contribution in [3.05, 3.63) is 23.8 Å². The summed E-state index contributed by atoms with van der Waals surface area (Å²) in [6.45, 7) is 3.47. The highest BCUT2D eigenvalue weighted by Crippen LogP contribution is 2.31. The van der Waals surface area contributed by atoms with Crippen LogP contribution in [-0.2, 0) is 19.5 Å². The molecular weight excluding hydrogens is 384 g/mol. The maximum atomic E-state index is 13.0. The third kappa shape index (κ3) is 4.03. The predicted octanol–water partition coefficient (Wildman–Crippen LogP) is 1.40. The van der Waals surface area contributed by atoms with E-state index in [-0.39, 0.29) is 40.4 Å². The second-order valence-corrected chi connectivity index (χ2v) is 8.89. The fraction of sp³-hybridized carbons (Fsp3) is 0.632. The Balaban J connectivity index is 1.78. The van der Waals surface area contributed by atoms with Crippen LogP contribution in [0.3, 0.4) is 0 Å². The number of sulfonamides is 1. The third-order valence-corrected chi connectivity index (χ3v) is 7.25. The molecule has 1 heterocycles. The summed E-state index contributed by atoms with van der Waals surface area (Å²) in [5.74, 6) is -0.110. The summed E-state index contributed by atoms with van der Waals surface area (Å²) in [6, 6.07) is 4.31. The van der Waals surface area contributed by atoms with E-state index >= 15 is 0 Å². The molecule has 3 rings (SSSR count). The standard InChI is InChI=1S/C19H28N2O6S/c1-4-27-16-12-14(18(16)26-3)20-19(22)13-7-8-15(25-2)17(11-13)28(23,24)21-9-5-6-10-21/h7-8,11,14,16,18H,4-6,9-10,12H2,1-3H3,(H,20,22). The van der Waals surface area contributed by atoms with Gasteiger partial charge < -0.3 is 19.5 Å². The molecule has 0 aromatic heterocycles. The second kappa shape index (κ2) is 8.77. The molecule has 0 spiro atoms. The first-order valence-corrected chi connectivity index (χ1v) is 11.0. The highest BCUT2D eigenvalue weighted by molar-refractivity contribution is 7.89. The molecule has 2 fully saturated rings. The van der Waals surface area contributed by atoms with Crippen LogP contribution in [0, 0.1) is 0 Å². The maximum absolute atomic E-state index is 13.0. The van der Waals surface area contributed by atoms with Crippen molar-refractivity contribution in [1.82, 2.24) is 9.62 Å². The van der Waals surface area contributed by atoms with Crippen molar-refractivity contribution < 1.29 is 27.4 Å². The van der Waals surface area contributed by atoms with Gasteiger partial charge >= 0.3 is 0 Å². The minimum Gasteiger partial charge on any atom is -0.495 e. The lowest BCUT2D eigenvalue weighted by atomic mass is 9.85. The lowest BCUT2D eigenvalue weighted by Gasteiger charge is -2.43. The van der Waals surface area contributed by atoms with Gasteiger partial charge in [-0.1, -0.05) is 0 Å². The van der Waals surface area contributed by atoms with E-state index in [4.69, 9.17) is 14.2 Å². The number of rotatable bonds is 8. The van der Waals surface area contributed by atoms with Crippen LogP contribution >= 0.6 is 0 Å². The maximum Gasteiger partial charge on any atom is 0.251 e. The van der Waals surface area contributed by atoms with E-state index in [0.717, 1.165) is 12.8 Å². The van der Waals surface area contributed by atoms with Crippen LogP contribution in [-0.4, -0.2) is 70.8 Å². The number of carbonyl (C=O) groups is 1. The van der Waals surface area contributed by atoms with E-state index in [1.807, 2.05) is 6.92 Å². The summed E-state index contributed by atoms with van der Waals surface area (Å²) in [5, 5.41) is 2.91. The molecule has 3 unspecified atom stereocenters. The Morgan fingerprint density at radius 1 is 1.25 bits per heavy atom. The summed E-state index contributed by atoms with van der Waals surface area (Å²) in [6.07, 6.45) is 2.08. The van der Waals surface area contributed by atoms with Gasteiger partial charge in [-0.3, -0.25) is 4.79 Å². The number of ether oxygens (including phenoxy) is 3. The van der Waals surface area contributed by atoms with Crippen molar-refractivity contribution in [3.63, 3.8) is 0 Å². The molecule has 156 valence electrons. The normalized spacial score (nSPS) is 25.3. The molecule has 1 aromatic rings. The molecule has 3 atom stereocenters. The minimum atomic E-state index is -3.71. The van der Waals surface area contributed by atoms with Crippen LogP contribution in [0.25, 0.3) is 0 Å². The van der Waals surface area contributed by atoms with E-state index < -0.39 is 10.0 Å². The van der Waals surface area contributed by atoms with Gasteiger partial charge in [0.15, 0.2) is 0 Å². The second-order valence-electron chi connectivity index (χ2n) is 6.99. The molecule has 28 heavy (non-hydrogen) atoms. The largest absolute Gasteiger partial charge is 0.495 e. The Labute approximate surface area is 166 Å². The first-order valence-electron chi connectivity index (χ1n) is 9.55. The SMILES string of the molecule is CCOC1CC(NC(=O)c2ccc(OC)c(S(=O)(=O)N3CCCC3)c2)C1OC. The molecule has 9 heteroatoms. The van der Waals surface area contributed by atoms with Crippen LogP contribution in [0.5, 0.6) is 5.75 Å². The van der Waals surface area contributed by atoms with Crippen molar-refractivity contribution >= 4 is 15.9 Å². The van der Waals surface area contributed by atoms with Crippen LogP contribution in [0.15, 0.2) is 23.1 Å². The van der Waals surface area contributed by atoms with Gasteiger partial charge in [0.25, 0.3) is 5.91 Å². The Kier molecular flexibility index (Phi) is 6.59. The van der Waals surface area contributed by atoms with Gasteiger partial charge in [0.1, 0.15) is 16.7 Å². The summed E-state index contributed by atoms with van der Waals surface area (Å²) in [4.78, 5) is 12.7. The van der Waals surface area contributed by atoms with Gasteiger partial charge in [0, 0.05) is 32.4 Å². The molecule has 0 radical (unpaired) electrons. The Bertz CT molecular complexity index is 807. The number of nitrogens with one attached hydrogen (secondary N) is 1. The van der Waals surface area contributed by atoms with Crippen LogP contribution in [0.2, 0.25) is 0 Å². The molecule has 1 N–H and O–H groups in total. The number of hydrogen-bond acceptors (Lipinski definition) is 6. The molecule has 0 bridgehead atoms. The van der Waals surface area contributed by atoms with Gasteiger partial charge in [-0.15, -0.1) is 0 Å². The molecule has 1 aliphatic heterocycles. The van der Waals surface area contributed by atoms with Gasteiger partial charge in [0.2, 0.25) is 10.0 Å². The summed E-state index contributed by atoms with van der Waals surface area (Å²) >= 11 is 0. The highest BCUT2D eigenvalue weighted by Gasteiger charge is 2.43. The van der Waals surface area contributed by atoms with E-state index in [1.165, 1.54) is 23.5 Å². The average Bonchev–Trinajstić information content (AvgIpc) is 3.22. The first-order chi connectivity index (χ1) is 13.4. The lowest BCUT2D eigenvalue weighted by molar-refractivity contribution is -0.128. The third-order valence-electron chi connectivity index (χ3n) is 5.33. The van der Waals surface area contributed by atoms with Crippen molar-refractivity contribution in [3.8, 4) is 5.75 Å². The average molecular weight is 413 g/mol. The topological polar surface area (TPSA) is 94.2 Å². The van der Waals surface area contributed by atoms with E-state index in [0.29, 0.717) is 26.1 Å². The number of amides is 1. The van der Waals surface area contributed by atoms with E-state index in [2.05, 4.69) is 5.32 Å². The highest BCUT2D eigenvalue weighted by atomic mass is 32.2. The number of methoxy groups -OCH3 is 2. The molecule has 1 aliphatic carbocycles. The zero-order chi connectivity index (χ0) is 20.3. The van der Waals surface area contributed by atoms with E-state index in [9.17, 15) is 13.2 Å². The number of hydrogen-bond donors (Lipinski definition) is 1. The van der Waals surface area contributed by atoms with Gasteiger partial charge in [-0.2, -0.15) is 4.31 Å². The van der Waals surface area contributed by atoms with E-state index in [1.54, 1.807) is 13.2 Å². The summed E-state index contributed by atoms with van der Waals surface area (Å²) < 4.78 is 43.6. The Hall–Kier alpha value is -1.68. The number of carbonyl (C=O) groups excluding carboxylic acids is 1. The molecular formula is C19H28N2O6S. The Morgan fingerprint density at radius 2 is 1.96 bits per heavy atom. The molecule has 1 saturated carbocycles. The quantitative estimate of drug-likeness (QED) is 0.694. The van der Waals surface area contributed by atoms with Crippen LogP contribution < -0.4 is 10.1 Å². The summed E-state index contributed by atoms with van der Waals surface area (Å²) in [7, 11) is -0.699. The molecule has 1 saturated heterocycles. The Morgan fingerprint density at radius 3 is 2.57 bits per heavy atom. The number of nitrogens with zero attached hydrogens (tertiary/aromatic N) is 1. The first kappa shape index (κ1) is 21.0. The zero-order valence-corrected chi connectivity index (χ0v) is 17.3. The molecule has 2 aliphatic rings. The predicted molar refractivity (Wildman–Crippen MR) is 103 cm³/mol. The van der Waals surface area contributed by atoms with Crippen molar-refractivity contribution in [1.29, 1.82) is 0 Å². The van der Waals surface area contributed by atoms with Gasteiger partial charge in [-0.05, 0) is 44.4 Å². The lowest BCUT2D eigenvalue weighted by Crippen LogP contribution is -2.61. The fourth-order valence-electron chi connectivity index (χ4n) is 3.75. The zero-order valence-electron chi connectivity index (χ0n) is 16.5. The van der Waals surface area contributed by atoms with Gasteiger partial charge in [0.05, 0.1) is 19.3 Å². The van der Waals surface area contributed by atoms with Crippen molar-refractivity contribution in [2.75, 3.05) is 33.9 Å². The monoisotopic (exact) mass is 412 g/mol. The fourth-order valence-corrected chi connectivity index (χ4v) is 5.45. The molecule has 1 aromatic carbocycles. The van der Waals surface area contributed by atoms with Crippen molar-refractivity contribution in [2.45, 2.75) is 49.3 Å². The van der Waals surface area contributed by atoms with Gasteiger partial charge in [-0.25, -0.2) is 8.42 Å². The molecule has 1 amide bonds. The number of benzene rings is 1. The van der Waals surface area contributed by atoms with Crippen molar-refractivity contribution in [2.24, 2.45) is 0 Å². The smallest absolute Gasteiger partial charge is 0.251 e. The van der Waals surface area contributed by atoms with Crippen LogP contribution in [0.4, 0.5) is 0 Å². The molecule has 8 nitrogen and oxygen atoms in total.